The fourth-order valence-electron chi connectivity index (χ4n) is 0.679. The zero-order chi connectivity index (χ0) is 6.24. The predicted molar refractivity (Wildman–Crippen MR) is 42.6 cm³/mol. The smallest absolute Gasteiger partial charge is 0.0351 e. The van der Waals surface area contributed by atoms with E-state index in [1.165, 1.54) is 25.7 Å². The number of hydrogen-bond donors (Lipinski definition) is 0. The quantitative estimate of drug-likeness (QED) is 0.413. The molecule has 9 heavy (non-hydrogen) atoms. The third-order valence-corrected chi connectivity index (χ3v) is 1.21. The maximum absolute atomic E-state index is 2.23. The molecule has 0 aromatic heterocycles. The Morgan fingerprint density at radius 2 is 1.89 bits per heavy atom. The summed E-state index contributed by atoms with van der Waals surface area (Å²) in [6.07, 6.45) is 9.69. The summed E-state index contributed by atoms with van der Waals surface area (Å²) in [5, 5.41) is 0. The molecular weight excluding hydrogens is 112 g/mol. The predicted octanol–water partition coefficient (Wildman–Crippen LogP) is 2.32. The monoisotopic (exact) mass is 130 g/mol. The lowest BCUT2D eigenvalue weighted by Crippen LogP contribution is -1.68. The summed E-state index contributed by atoms with van der Waals surface area (Å²) >= 11 is 0. The normalized spacial score (nSPS) is 9.56. The second-order valence-corrected chi connectivity index (χ2v) is 2.06. The van der Waals surface area contributed by atoms with Crippen LogP contribution in [0.25, 0.3) is 0 Å². The molecule has 1 nitrogen and oxygen atoms in total. The van der Waals surface area contributed by atoms with Crippen molar-refractivity contribution in [2.45, 2.75) is 39.5 Å². The first-order valence-electron chi connectivity index (χ1n) is 3.53. The van der Waals surface area contributed by atoms with Crippen LogP contribution in [0, 0.1) is 0 Å². The largest absolute Gasteiger partial charge is 0.412 e. The molecule has 0 aliphatic carbocycles. The molecule has 1 heteroatoms. The summed E-state index contributed by atoms with van der Waals surface area (Å²) < 4.78 is 0. The average molecular weight is 130 g/mol. The molecule has 0 saturated heterocycles. The minimum Gasteiger partial charge on any atom is -0.412 e. The molecule has 0 unspecified atom stereocenters. The third-order valence-electron chi connectivity index (χ3n) is 1.21. The van der Waals surface area contributed by atoms with E-state index in [-0.39, 0.29) is 5.48 Å². The van der Waals surface area contributed by atoms with Crippen molar-refractivity contribution in [2.24, 2.45) is 0 Å². The highest BCUT2D eigenvalue weighted by Crippen LogP contribution is 1.98. The van der Waals surface area contributed by atoms with E-state index >= 15 is 0 Å². The van der Waals surface area contributed by atoms with Crippen LogP contribution >= 0.6 is 0 Å². The van der Waals surface area contributed by atoms with Gasteiger partial charge in [-0.3, -0.25) is 0 Å². The van der Waals surface area contributed by atoms with Gasteiger partial charge in [-0.05, 0) is 19.8 Å². The average Bonchev–Trinajstić information content (AvgIpc) is 1.81. The van der Waals surface area contributed by atoms with E-state index in [0.717, 1.165) is 0 Å². The highest BCUT2D eigenvalue weighted by molar-refractivity contribution is 4.75. The highest BCUT2D eigenvalue weighted by Gasteiger charge is 1.78. The van der Waals surface area contributed by atoms with Crippen LogP contribution in [0.15, 0.2) is 12.2 Å². The van der Waals surface area contributed by atoms with Crippen LogP contribution in [0.3, 0.4) is 0 Å². The van der Waals surface area contributed by atoms with E-state index in [9.17, 15) is 0 Å². The molecule has 0 aromatic rings. The van der Waals surface area contributed by atoms with Crippen LogP contribution < -0.4 is 0 Å². The minimum absolute atomic E-state index is 0. The van der Waals surface area contributed by atoms with E-state index < -0.39 is 0 Å². The third kappa shape index (κ3) is 11.3. The fraction of sp³-hybridized carbons (Fsp3) is 0.750. The Hall–Kier alpha value is -0.300. The van der Waals surface area contributed by atoms with Gasteiger partial charge < -0.3 is 5.48 Å². The molecular formula is C8H18O. The van der Waals surface area contributed by atoms with Crippen molar-refractivity contribution >= 4 is 0 Å². The topological polar surface area (TPSA) is 31.5 Å². The first kappa shape index (κ1) is 11.5. The Kier molecular flexibility index (Phi) is 13.6. The summed E-state index contributed by atoms with van der Waals surface area (Å²) in [6.45, 7) is 4.31. The molecule has 0 radical (unpaired) electrons. The molecule has 0 spiro atoms. The van der Waals surface area contributed by atoms with Gasteiger partial charge in [-0.25, -0.2) is 0 Å². The summed E-state index contributed by atoms with van der Waals surface area (Å²) in [7, 11) is 0. The maximum atomic E-state index is 2.23. The molecule has 0 bridgehead atoms. The fourth-order valence-corrected chi connectivity index (χ4v) is 0.679. The van der Waals surface area contributed by atoms with E-state index in [0.29, 0.717) is 0 Å². The van der Waals surface area contributed by atoms with Crippen molar-refractivity contribution in [3.8, 4) is 0 Å². The van der Waals surface area contributed by atoms with Gasteiger partial charge in [0.2, 0.25) is 0 Å². The van der Waals surface area contributed by atoms with E-state index in [2.05, 4.69) is 26.0 Å². The minimum atomic E-state index is 0. The van der Waals surface area contributed by atoms with Crippen molar-refractivity contribution in [1.29, 1.82) is 0 Å². The van der Waals surface area contributed by atoms with Crippen LogP contribution in [0.1, 0.15) is 39.5 Å². The standard InChI is InChI=1S/C8H16.H2O/c1-3-5-7-8-6-4-2;/h3,5H,4,6-8H2,1-2H3;1H2. The van der Waals surface area contributed by atoms with Gasteiger partial charge in [0, 0.05) is 0 Å². The lowest BCUT2D eigenvalue weighted by molar-refractivity contribution is 0.729. The molecule has 0 aliphatic heterocycles. The van der Waals surface area contributed by atoms with Gasteiger partial charge in [0.25, 0.3) is 0 Å². The summed E-state index contributed by atoms with van der Waals surface area (Å²) in [4.78, 5) is 0. The van der Waals surface area contributed by atoms with Gasteiger partial charge in [0.15, 0.2) is 0 Å². The van der Waals surface area contributed by atoms with E-state index in [1.54, 1.807) is 0 Å². The molecule has 2 N–H and O–H groups in total. The van der Waals surface area contributed by atoms with Crippen molar-refractivity contribution in [3.05, 3.63) is 12.2 Å². The Labute approximate surface area is 58.1 Å². The molecule has 0 aromatic carbocycles. The first-order chi connectivity index (χ1) is 3.91. The van der Waals surface area contributed by atoms with Gasteiger partial charge >= 0.3 is 0 Å². The van der Waals surface area contributed by atoms with Crippen LogP contribution in [0.4, 0.5) is 0 Å². The molecule has 0 saturated carbocycles. The molecule has 0 fully saturated rings. The van der Waals surface area contributed by atoms with Gasteiger partial charge in [-0.1, -0.05) is 31.9 Å². The Morgan fingerprint density at radius 1 is 1.22 bits per heavy atom. The van der Waals surface area contributed by atoms with Crippen LogP contribution in [-0.4, -0.2) is 5.48 Å². The second kappa shape index (κ2) is 10.6. The second-order valence-electron chi connectivity index (χ2n) is 2.06. The lowest BCUT2D eigenvalue weighted by Gasteiger charge is -1.88. The van der Waals surface area contributed by atoms with Crippen molar-refractivity contribution in [1.82, 2.24) is 0 Å². The van der Waals surface area contributed by atoms with Gasteiger partial charge in [-0.15, -0.1) is 0 Å². The number of unbranched alkanes of at least 4 members (excludes halogenated alkanes) is 3. The zero-order valence-corrected chi connectivity index (χ0v) is 6.48. The SMILES string of the molecule is CC=CCCCCC.O. The van der Waals surface area contributed by atoms with E-state index in [1.807, 2.05) is 0 Å². The summed E-state index contributed by atoms with van der Waals surface area (Å²) in [5.74, 6) is 0. The number of hydrogen-bond acceptors (Lipinski definition) is 0. The molecule has 0 heterocycles. The molecule has 56 valence electrons. The summed E-state index contributed by atoms with van der Waals surface area (Å²) in [6, 6.07) is 0. The van der Waals surface area contributed by atoms with Crippen molar-refractivity contribution in [2.75, 3.05) is 0 Å². The van der Waals surface area contributed by atoms with Crippen molar-refractivity contribution in [3.63, 3.8) is 0 Å². The van der Waals surface area contributed by atoms with E-state index in [4.69, 9.17) is 0 Å². The zero-order valence-electron chi connectivity index (χ0n) is 6.48. The number of allylic oxidation sites excluding steroid dienone is 2. The Balaban J connectivity index is 0. The number of rotatable bonds is 4. The molecule has 0 atom stereocenters. The van der Waals surface area contributed by atoms with Crippen LogP contribution in [0.5, 0.6) is 0 Å². The lowest BCUT2D eigenvalue weighted by atomic mass is 10.2. The van der Waals surface area contributed by atoms with Crippen LogP contribution in [-0.2, 0) is 0 Å². The highest BCUT2D eigenvalue weighted by atomic mass is 16.0. The molecule has 0 aliphatic rings. The van der Waals surface area contributed by atoms with Crippen LogP contribution in [0.2, 0.25) is 0 Å². The molecule has 0 amide bonds. The van der Waals surface area contributed by atoms with Gasteiger partial charge in [-0.2, -0.15) is 0 Å². The van der Waals surface area contributed by atoms with Crippen molar-refractivity contribution < 1.29 is 5.48 Å². The van der Waals surface area contributed by atoms with Gasteiger partial charge in [0.1, 0.15) is 0 Å². The Morgan fingerprint density at radius 3 is 2.33 bits per heavy atom. The Bertz CT molecular complexity index is 57.6. The maximum Gasteiger partial charge on any atom is -0.0351 e. The first-order valence-corrected chi connectivity index (χ1v) is 3.53. The van der Waals surface area contributed by atoms with Gasteiger partial charge in [0.05, 0.1) is 0 Å². The summed E-state index contributed by atoms with van der Waals surface area (Å²) in [5.41, 5.74) is 0. The molecule has 0 rings (SSSR count).